The molecule has 2 atom stereocenters. The van der Waals surface area contributed by atoms with E-state index >= 15 is 0 Å². The molecule has 0 aliphatic carbocycles. The molecule has 3 rings (SSSR count). The Hall–Kier alpha value is -2.06. The van der Waals surface area contributed by atoms with Crippen LogP contribution in [0.2, 0.25) is 0 Å². The molecule has 0 fully saturated rings. The SMILES string of the molecule is C=C[C@H]1O[C@](C)(c2ccccc2)Nc2ccccc21. The molecule has 0 radical (unpaired) electrons. The normalized spacial score (nSPS) is 25.2. The fourth-order valence-corrected chi connectivity index (χ4v) is 2.53. The van der Waals surface area contributed by atoms with Crippen LogP contribution in [-0.4, -0.2) is 0 Å². The second kappa shape index (κ2) is 4.56. The van der Waals surface area contributed by atoms with Gasteiger partial charge in [-0.05, 0) is 13.0 Å². The Balaban J connectivity index is 2.06. The number of anilines is 1. The fraction of sp³-hybridized carbons (Fsp3) is 0.176. The lowest BCUT2D eigenvalue weighted by Gasteiger charge is -2.40. The van der Waals surface area contributed by atoms with Crippen molar-refractivity contribution in [1.82, 2.24) is 0 Å². The highest BCUT2D eigenvalue weighted by Crippen LogP contribution is 2.41. The Bertz CT molecular complexity index is 593. The third-order valence-electron chi connectivity index (χ3n) is 3.54. The summed E-state index contributed by atoms with van der Waals surface area (Å²) in [7, 11) is 0. The summed E-state index contributed by atoms with van der Waals surface area (Å²) in [6, 6.07) is 18.4. The van der Waals surface area contributed by atoms with Crippen LogP contribution in [0.15, 0.2) is 67.3 Å². The smallest absolute Gasteiger partial charge is 0.163 e. The van der Waals surface area contributed by atoms with Crippen molar-refractivity contribution in [3.8, 4) is 0 Å². The summed E-state index contributed by atoms with van der Waals surface area (Å²) < 4.78 is 6.21. The molecule has 0 saturated heterocycles. The first-order valence-corrected chi connectivity index (χ1v) is 6.46. The summed E-state index contributed by atoms with van der Waals surface area (Å²) in [5.41, 5.74) is 2.81. The third kappa shape index (κ3) is 2.04. The summed E-state index contributed by atoms with van der Waals surface area (Å²) in [5.74, 6) is 0. The van der Waals surface area contributed by atoms with Gasteiger partial charge in [0, 0.05) is 16.8 Å². The molecule has 96 valence electrons. The maximum absolute atomic E-state index is 6.21. The van der Waals surface area contributed by atoms with Crippen molar-refractivity contribution in [2.24, 2.45) is 0 Å². The van der Waals surface area contributed by atoms with Crippen LogP contribution in [0.1, 0.15) is 24.2 Å². The lowest BCUT2D eigenvalue weighted by Crippen LogP contribution is -2.39. The lowest BCUT2D eigenvalue weighted by molar-refractivity contribution is -0.0578. The maximum atomic E-state index is 6.21. The molecule has 1 heterocycles. The Morgan fingerprint density at radius 3 is 2.53 bits per heavy atom. The van der Waals surface area contributed by atoms with E-state index in [1.807, 2.05) is 36.4 Å². The van der Waals surface area contributed by atoms with Crippen LogP contribution in [-0.2, 0) is 10.5 Å². The number of hydrogen-bond acceptors (Lipinski definition) is 2. The van der Waals surface area contributed by atoms with Crippen molar-refractivity contribution in [2.45, 2.75) is 18.8 Å². The van der Waals surface area contributed by atoms with Gasteiger partial charge >= 0.3 is 0 Å². The van der Waals surface area contributed by atoms with Gasteiger partial charge in [0.2, 0.25) is 0 Å². The van der Waals surface area contributed by atoms with Crippen LogP contribution in [0.5, 0.6) is 0 Å². The van der Waals surface area contributed by atoms with Gasteiger partial charge in [-0.1, -0.05) is 54.6 Å². The Morgan fingerprint density at radius 2 is 1.79 bits per heavy atom. The van der Waals surface area contributed by atoms with Crippen molar-refractivity contribution < 1.29 is 4.74 Å². The second-order valence-corrected chi connectivity index (χ2v) is 4.89. The average molecular weight is 251 g/mol. The molecule has 2 heteroatoms. The first kappa shape index (κ1) is 12.0. The van der Waals surface area contributed by atoms with Gasteiger partial charge in [0.05, 0.1) is 0 Å². The largest absolute Gasteiger partial charge is 0.354 e. The highest BCUT2D eigenvalue weighted by molar-refractivity contribution is 5.57. The van der Waals surface area contributed by atoms with Gasteiger partial charge in [-0.25, -0.2) is 0 Å². The number of para-hydroxylation sites is 1. The topological polar surface area (TPSA) is 21.3 Å². The van der Waals surface area contributed by atoms with E-state index in [2.05, 4.69) is 43.1 Å². The Labute approximate surface area is 113 Å². The number of ether oxygens (including phenoxy) is 1. The number of rotatable bonds is 2. The van der Waals surface area contributed by atoms with E-state index in [4.69, 9.17) is 4.74 Å². The van der Waals surface area contributed by atoms with E-state index in [0.717, 1.165) is 16.8 Å². The van der Waals surface area contributed by atoms with E-state index in [-0.39, 0.29) is 6.10 Å². The highest BCUT2D eigenvalue weighted by Gasteiger charge is 2.35. The van der Waals surface area contributed by atoms with E-state index in [1.54, 1.807) is 0 Å². The minimum absolute atomic E-state index is 0.0948. The van der Waals surface area contributed by atoms with Crippen LogP contribution in [0, 0.1) is 0 Å². The lowest BCUT2D eigenvalue weighted by atomic mass is 9.97. The first-order valence-electron chi connectivity index (χ1n) is 6.46. The summed E-state index contributed by atoms with van der Waals surface area (Å²) >= 11 is 0. The van der Waals surface area contributed by atoms with E-state index < -0.39 is 5.72 Å². The van der Waals surface area contributed by atoms with E-state index in [1.165, 1.54) is 0 Å². The molecule has 1 N–H and O–H groups in total. The summed E-state index contributed by atoms with van der Waals surface area (Å²) in [6.45, 7) is 5.94. The van der Waals surface area contributed by atoms with Gasteiger partial charge in [-0.15, -0.1) is 6.58 Å². The summed E-state index contributed by atoms with van der Waals surface area (Å²) in [4.78, 5) is 0. The summed E-state index contributed by atoms with van der Waals surface area (Å²) in [5, 5.41) is 3.48. The number of benzene rings is 2. The zero-order valence-electron chi connectivity index (χ0n) is 11.0. The van der Waals surface area contributed by atoms with Crippen LogP contribution in [0.3, 0.4) is 0 Å². The molecule has 0 amide bonds. The molecule has 1 aliphatic rings. The van der Waals surface area contributed by atoms with E-state index in [9.17, 15) is 0 Å². The first-order chi connectivity index (χ1) is 9.23. The number of hydrogen-bond donors (Lipinski definition) is 1. The van der Waals surface area contributed by atoms with Crippen molar-refractivity contribution in [1.29, 1.82) is 0 Å². The molecular weight excluding hydrogens is 234 g/mol. The minimum atomic E-state index is -0.533. The van der Waals surface area contributed by atoms with Crippen molar-refractivity contribution >= 4 is 5.69 Å². The van der Waals surface area contributed by atoms with E-state index in [0.29, 0.717) is 0 Å². The van der Waals surface area contributed by atoms with Crippen LogP contribution in [0.4, 0.5) is 5.69 Å². The van der Waals surface area contributed by atoms with Crippen molar-refractivity contribution in [3.63, 3.8) is 0 Å². The molecule has 2 nitrogen and oxygen atoms in total. The standard InChI is InChI=1S/C17H17NO/c1-3-16-14-11-7-8-12-15(14)18-17(2,19-16)13-9-5-4-6-10-13/h3-12,16,18H,1H2,2H3/t16-,17-/m1/s1. The molecule has 0 spiro atoms. The zero-order valence-corrected chi connectivity index (χ0v) is 11.0. The van der Waals surface area contributed by atoms with Gasteiger partial charge in [0.25, 0.3) is 0 Å². The van der Waals surface area contributed by atoms with Crippen LogP contribution >= 0.6 is 0 Å². The Morgan fingerprint density at radius 1 is 1.11 bits per heavy atom. The van der Waals surface area contributed by atoms with Gasteiger partial charge < -0.3 is 10.1 Å². The quantitative estimate of drug-likeness (QED) is 0.806. The van der Waals surface area contributed by atoms with Crippen LogP contribution < -0.4 is 5.32 Å². The molecule has 0 unspecified atom stereocenters. The molecule has 2 aromatic carbocycles. The molecular formula is C17H17NO. The van der Waals surface area contributed by atoms with Gasteiger partial charge in [0.1, 0.15) is 6.10 Å². The minimum Gasteiger partial charge on any atom is -0.354 e. The van der Waals surface area contributed by atoms with Crippen molar-refractivity contribution in [2.75, 3.05) is 5.32 Å². The van der Waals surface area contributed by atoms with Crippen LogP contribution in [0.25, 0.3) is 0 Å². The monoisotopic (exact) mass is 251 g/mol. The molecule has 0 bridgehead atoms. The predicted molar refractivity (Wildman–Crippen MR) is 77.9 cm³/mol. The summed E-state index contributed by atoms with van der Waals surface area (Å²) in [6.07, 6.45) is 1.75. The molecule has 0 saturated carbocycles. The maximum Gasteiger partial charge on any atom is 0.163 e. The highest BCUT2D eigenvalue weighted by atomic mass is 16.5. The molecule has 1 aliphatic heterocycles. The Kier molecular flexibility index (Phi) is 2.88. The molecule has 0 aromatic heterocycles. The average Bonchev–Trinajstić information content (AvgIpc) is 2.47. The molecule has 19 heavy (non-hydrogen) atoms. The zero-order chi connectivity index (χ0) is 13.3. The third-order valence-corrected chi connectivity index (χ3v) is 3.54. The fourth-order valence-electron chi connectivity index (χ4n) is 2.53. The second-order valence-electron chi connectivity index (χ2n) is 4.89. The van der Waals surface area contributed by atoms with Gasteiger partial charge in [0.15, 0.2) is 5.72 Å². The number of fused-ring (bicyclic) bond motifs is 1. The van der Waals surface area contributed by atoms with Crippen molar-refractivity contribution in [3.05, 3.63) is 78.4 Å². The van der Waals surface area contributed by atoms with Gasteiger partial charge in [-0.2, -0.15) is 0 Å². The number of nitrogens with one attached hydrogen (secondary N) is 1. The van der Waals surface area contributed by atoms with Gasteiger partial charge in [-0.3, -0.25) is 0 Å². The predicted octanol–water partition coefficient (Wildman–Crippen LogP) is 4.23. The molecule has 2 aromatic rings.